The van der Waals surface area contributed by atoms with Crippen LogP contribution in [0.1, 0.15) is 29.3 Å². The number of aryl methyl sites for hydroxylation is 1. The van der Waals surface area contributed by atoms with Crippen LogP contribution in [0, 0.1) is 22.7 Å². The van der Waals surface area contributed by atoms with Gasteiger partial charge in [-0.1, -0.05) is 37.3 Å². The summed E-state index contributed by atoms with van der Waals surface area (Å²) in [7, 11) is 0. The van der Waals surface area contributed by atoms with Crippen LogP contribution in [0.5, 0.6) is 11.5 Å². The van der Waals surface area contributed by atoms with Crippen LogP contribution >= 0.6 is 0 Å². The number of ether oxygens (including phenoxy) is 1. The van der Waals surface area contributed by atoms with Gasteiger partial charge in [-0.15, -0.1) is 0 Å². The first kappa shape index (κ1) is 17.1. The Balaban J connectivity index is 1.97. The summed E-state index contributed by atoms with van der Waals surface area (Å²) in [5.41, 5.74) is 1.97. The van der Waals surface area contributed by atoms with E-state index >= 15 is 0 Å². The fourth-order valence-electron chi connectivity index (χ4n) is 2.64. The summed E-state index contributed by atoms with van der Waals surface area (Å²) < 4.78 is 7.26. The third-order valence-corrected chi connectivity index (χ3v) is 3.91. The molecule has 6 nitrogen and oxygen atoms in total. The lowest BCUT2D eigenvalue weighted by Crippen LogP contribution is -2.18. The zero-order chi connectivity index (χ0) is 18.5. The zero-order valence-corrected chi connectivity index (χ0v) is 14.2. The van der Waals surface area contributed by atoms with Gasteiger partial charge in [0.05, 0.1) is 35.5 Å². The van der Waals surface area contributed by atoms with Crippen LogP contribution in [0.15, 0.2) is 53.3 Å². The van der Waals surface area contributed by atoms with E-state index in [4.69, 9.17) is 15.3 Å². The molecule has 3 rings (SSSR count). The normalized spacial score (nSPS) is 10.1. The third-order valence-electron chi connectivity index (χ3n) is 3.91. The van der Waals surface area contributed by atoms with Gasteiger partial charge in [0.2, 0.25) is 5.75 Å². The Labute approximate surface area is 150 Å². The summed E-state index contributed by atoms with van der Waals surface area (Å²) in [6.45, 7) is 2.31. The van der Waals surface area contributed by atoms with Gasteiger partial charge in [-0.2, -0.15) is 10.5 Å². The van der Waals surface area contributed by atoms with Gasteiger partial charge in [0.25, 0.3) is 0 Å². The van der Waals surface area contributed by atoms with Crippen molar-refractivity contribution in [3.05, 3.63) is 81.3 Å². The number of hydrogen-bond acceptors (Lipinski definition) is 4. The standard InChI is InChI=1S/C20H16N4O2/c1-2-18-19(26-17-9-15(11-21)8-16(10-17)12-22)20(25)24(23-18)13-14-6-4-3-5-7-14/h3-10,23H,2,13H2,1H3. The molecule has 0 atom stereocenters. The number of nitrogens with one attached hydrogen (secondary N) is 1. The smallest absolute Gasteiger partial charge is 0.310 e. The van der Waals surface area contributed by atoms with Crippen molar-refractivity contribution in [2.75, 3.05) is 0 Å². The maximum absolute atomic E-state index is 12.7. The first-order valence-electron chi connectivity index (χ1n) is 8.13. The van der Waals surface area contributed by atoms with Gasteiger partial charge in [-0.05, 0) is 30.2 Å². The Morgan fingerprint density at radius 1 is 1.08 bits per heavy atom. The lowest BCUT2D eigenvalue weighted by molar-refractivity contribution is 0.470. The maximum Gasteiger partial charge on any atom is 0.310 e. The molecule has 0 aliphatic rings. The van der Waals surface area contributed by atoms with Crippen LogP contribution in [0.25, 0.3) is 0 Å². The van der Waals surface area contributed by atoms with E-state index in [0.717, 1.165) is 5.56 Å². The Bertz CT molecular complexity index is 1030. The summed E-state index contributed by atoms with van der Waals surface area (Å²) in [5.74, 6) is 0.473. The van der Waals surface area contributed by atoms with Crippen LogP contribution in [-0.2, 0) is 13.0 Å². The number of aromatic amines is 1. The van der Waals surface area contributed by atoms with E-state index < -0.39 is 0 Å². The minimum atomic E-state index is -0.286. The van der Waals surface area contributed by atoms with E-state index in [1.807, 2.05) is 49.4 Å². The number of rotatable bonds is 5. The van der Waals surface area contributed by atoms with Crippen molar-refractivity contribution >= 4 is 0 Å². The molecule has 0 spiro atoms. The number of nitriles is 2. The van der Waals surface area contributed by atoms with Gasteiger partial charge in [-0.25, -0.2) is 4.68 Å². The van der Waals surface area contributed by atoms with Gasteiger partial charge in [-0.3, -0.25) is 9.89 Å². The molecule has 3 aromatic rings. The fourth-order valence-corrected chi connectivity index (χ4v) is 2.64. The first-order chi connectivity index (χ1) is 12.6. The molecule has 6 heteroatoms. The van der Waals surface area contributed by atoms with Crippen molar-refractivity contribution in [3.63, 3.8) is 0 Å². The molecule has 0 amide bonds. The minimum Gasteiger partial charge on any atom is -0.449 e. The zero-order valence-electron chi connectivity index (χ0n) is 14.2. The van der Waals surface area contributed by atoms with Gasteiger partial charge in [0.15, 0.2) is 0 Å². The second-order valence-corrected chi connectivity index (χ2v) is 5.72. The molecule has 0 unspecified atom stereocenters. The van der Waals surface area contributed by atoms with Crippen molar-refractivity contribution in [2.45, 2.75) is 19.9 Å². The second-order valence-electron chi connectivity index (χ2n) is 5.72. The molecule has 0 saturated heterocycles. The number of nitrogens with zero attached hydrogens (tertiary/aromatic N) is 3. The maximum atomic E-state index is 12.7. The van der Waals surface area contributed by atoms with Crippen molar-refractivity contribution in [3.8, 4) is 23.6 Å². The lowest BCUT2D eigenvalue weighted by atomic mass is 10.1. The Morgan fingerprint density at radius 2 is 1.73 bits per heavy atom. The highest BCUT2D eigenvalue weighted by Gasteiger charge is 2.16. The molecule has 2 aromatic carbocycles. The number of benzene rings is 2. The van der Waals surface area contributed by atoms with Crippen molar-refractivity contribution in [1.82, 2.24) is 9.78 Å². The number of H-pyrrole nitrogens is 1. The SMILES string of the molecule is CCc1[nH]n(Cc2ccccc2)c(=O)c1Oc1cc(C#N)cc(C#N)c1. The van der Waals surface area contributed by atoms with Gasteiger partial charge in [0, 0.05) is 0 Å². The Hall–Kier alpha value is -3.77. The largest absolute Gasteiger partial charge is 0.449 e. The van der Waals surface area contributed by atoms with Crippen LogP contribution in [0.2, 0.25) is 0 Å². The molecule has 128 valence electrons. The predicted molar refractivity (Wildman–Crippen MR) is 95.9 cm³/mol. The van der Waals surface area contributed by atoms with E-state index in [1.165, 1.54) is 22.9 Å². The molecule has 0 saturated carbocycles. The Morgan fingerprint density at radius 3 is 2.31 bits per heavy atom. The number of hydrogen-bond donors (Lipinski definition) is 1. The monoisotopic (exact) mass is 344 g/mol. The van der Waals surface area contributed by atoms with Crippen molar-refractivity contribution in [2.24, 2.45) is 0 Å². The molecule has 0 radical (unpaired) electrons. The molecule has 1 aromatic heterocycles. The summed E-state index contributed by atoms with van der Waals surface area (Å²) in [4.78, 5) is 12.7. The highest BCUT2D eigenvalue weighted by atomic mass is 16.5. The molecule has 0 fully saturated rings. The summed E-state index contributed by atoms with van der Waals surface area (Å²) in [5, 5.41) is 21.2. The highest BCUT2D eigenvalue weighted by molar-refractivity contribution is 5.47. The second kappa shape index (κ2) is 7.42. The summed E-state index contributed by atoms with van der Waals surface area (Å²) >= 11 is 0. The quantitative estimate of drug-likeness (QED) is 0.768. The van der Waals surface area contributed by atoms with E-state index in [1.54, 1.807) is 0 Å². The minimum absolute atomic E-state index is 0.183. The average molecular weight is 344 g/mol. The third kappa shape index (κ3) is 3.50. The van der Waals surface area contributed by atoms with Crippen LogP contribution in [-0.4, -0.2) is 9.78 Å². The molecule has 1 heterocycles. The summed E-state index contributed by atoms with van der Waals surface area (Å²) in [6.07, 6.45) is 0.579. The molecule has 26 heavy (non-hydrogen) atoms. The van der Waals surface area contributed by atoms with Gasteiger partial charge < -0.3 is 4.74 Å². The predicted octanol–water partition coefficient (Wildman–Crippen LogP) is 3.32. The van der Waals surface area contributed by atoms with Gasteiger partial charge in [0.1, 0.15) is 5.75 Å². The first-order valence-corrected chi connectivity index (χ1v) is 8.13. The van der Waals surface area contributed by atoms with E-state index in [-0.39, 0.29) is 11.3 Å². The van der Waals surface area contributed by atoms with Crippen molar-refractivity contribution < 1.29 is 4.74 Å². The van der Waals surface area contributed by atoms with Gasteiger partial charge >= 0.3 is 5.56 Å². The average Bonchev–Trinajstić information content (AvgIpc) is 2.97. The molecule has 0 aliphatic heterocycles. The summed E-state index contributed by atoms with van der Waals surface area (Å²) in [6, 6.07) is 18.1. The van der Waals surface area contributed by atoms with Crippen LogP contribution in [0.4, 0.5) is 0 Å². The van der Waals surface area contributed by atoms with Crippen LogP contribution in [0.3, 0.4) is 0 Å². The molecule has 0 aliphatic carbocycles. The topological polar surface area (TPSA) is 94.6 Å². The van der Waals surface area contributed by atoms with Crippen molar-refractivity contribution in [1.29, 1.82) is 10.5 Å². The molecular formula is C20H16N4O2. The van der Waals surface area contributed by atoms with Crippen LogP contribution < -0.4 is 10.3 Å². The Kier molecular flexibility index (Phi) is 4.87. The molecule has 1 N–H and O–H groups in total. The lowest BCUT2D eigenvalue weighted by Gasteiger charge is -2.05. The van der Waals surface area contributed by atoms with E-state index in [2.05, 4.69) is 5.10 Å². The number of aromatic nitrogens is 2. The fraction of sp³-hybridized carbons (Fsp3) is 0.150. The van der Waals surface area contributed by atoms with E-state index in [0.29, 0.717) is 35.5 Å². The molecular weight excluding hydrogens is 328 g/mol. The molecule has 0 bridgehead atoms. The highest BCUT2D eigenvalue weighted by Crippen LogP contribution is 2.24. The van der Waals surface area contributed by atoms with E-state index in [9.17, 15) is 4.79 Å².